The lowest BCUT2D eigenvalue weighted by Gasteiger charge is -2.37. The van der Waals surface area contributed by atoms with Crippen molar-refractivity contribution in [1.29, 1.82) is 0 Å². The van der Waals surface area contributed by atoms with E-state index in [1.54, 1.807) is 0 Å². The molecule has 1 aliphatic carbocycles. The van der Waals surface area contributed by atoms with Crippen molar-refractivity contribution in [3.8, 4) is 11.8 Å². The van der Waals surface area contributed by atoms with Crippen molar-refractivity contribution in [2.24, 2.45) is 17.1 Å². The van der Waals surface area contributed by atoms with E-state index in [1.807, 2.05) is 6.92 Å². The van der Waals surface area contributed by atoms with Crippen LogP contribution in [-0.4, -0.2) is 19.0 Å². The molecule has 0 aromatic carbocycles. The van der Waals surface area contributed by atoms with Gasteiger partial charge in [-0.25, -0.2) is 0 Å². The Hall–Kier alpha value is -1.01. The van der Waals surface area contributed by atoms with Gasteiger partial charge in [0.05, 0.1) is 5.41 Å². The van der Waals surface area contributed by atoms with Crippen molar-refractivity contribution < 1.29 is 4.79 Å². The first-order chi connectivity index (χ1) is 8.14. The molecule has 1 saturated carbocycles. The van der Waals surface area contributed by atoms with Crippen LogP contribution in [0.4, 0.5) is 0 Å². The van der Waals surface area contributed by atoms with E-state index < -0.39 is 0 Å². The highest BCUT2D eigenvalue weighted by Crippen LogP contribution is 2.38. The Morgan fingerprint density at radius 3 is 2.65 bits per heavy atom. The molecule has 0 spiro atoms. The lowest BCUT2D eigenvalue weighted by Crippen LogP contribution is -2.48. The molecule has 1 rings (SSSR count). The molecule has 0 saturated heterocycles. The fourth-order valence-corrected chi connectivity index (χ4v) is 2.39. The summed E-state index contributed by atoms with van der Waals surface area (Å²) in [6, 6.07) is 0. The van der Waals surface area contributed by atoms with Crippen LogP contribution in [0.5, 0.6) is 0 Å². The maximum atomic E-state index is 12.2. The van der Waals surface area contributed by atoms with Gasteiger partial charge in [0.2, 0.25) is 5.91 Å². The molecule has 0 aromatic rings. The minimum atomic E-state index is -0.313. The Balaban J connectivity index is 2.47. The number of rotatable bonds is 4. The van der Waals surface area contributed by atoms with E-state index in [2.05, 4.69) is 24.1 Å². The molecule has 96 valence electrons. The number of carbonyl (C=O) groups is 1. The highest BCUT2D eigenvalue weighted by molar-refractivity contribution is 5.83. The summed E-state index contributed by atoms with van der Waals surface area (Å²) in [6.07, 6.45) is 4.80. The van der Waals surface area contributed by atoms with E-state index in [4.69, 9.17) is 5.73 Å². The second-order valence-electron chi connectivity index (χ2n) is 5.10. The summed E-state index contributed by atoms with van der Waals surface area (Å²) in [4.78, 5) is 12.2. The molecule has 0 radical (unpaired) electrons. The van der Waals surface area contributed by atoms with Crippen molar-refractivity contribution in [3.05, 3.63) is 0 Å². The number of carbonyl (C=O) groups excluding carboxylic acids is 1. The molecule has 0 heterocycles. The third-order valence-corrected chi connectivity index (χ3v) is 3.82. The largest absolute Gasteiger partial charge is 0.355 e. The third kappa shape index (κ3) is 3.74. The molecule has 1 aliphatic rings. The Morgan fingerprint density at radius 1 is 1.47 bits per heavy atom. The molecule has 3 nitrogen and oxygen atoms in total. The molecule has 0 unspecified atom stereocenters. The van der Waals surface area contributed by atoms with Gasteiger partial charge >= 0.3 is 0 Å². The summed E-state index contributed by atoms with van der Waals surface area (Å²) in [5, 5.41) is 2.97. The Labute approximate surface area is 105 Å². The van der Waals surface area contributed by atoms with Gasteiger partial charge in [0.25, 0.3) is 0 Å². The average molecular weight is 236 g/mol. The first-order valence-corrected chi connectivity index (χ1v) is 6.52. The maximum Gasteiger partial charge on any atom is 0.227 e. The highest BCUT2D eigenvalue weighted by atomic mass is 16.2. The fourth-order valence-electron chi connectivity index (χ4n) is 2.39. The molecule has 17 heavy (non-hydrogen) atoms. The molecule has 3 N–H and O–H groups in total. The molecular formula is C14H24N2O. The van der Waals surface area contributed by atoms with Crippen LogP contribution in [0, 0.1) is 23.2 Å². The van der Waals surface area contributed by atoms with E-state index in [1.165, 1.54) is 0 Å². The van der Waals surface area contributed by atoms with E-state index in [-0.39, 0.29) is 11.3 Å². The van der Waals surface area contributed by atoms with E-state index >= 15 is 0 Å². The van der Waals surface area contributed by atoms with Gasteiger partial charge in [-0.05, 0) is 38.5 Å². The normalized spacial score (nSPS) is 28.1. The van der Waals surface area contributed by atoms with Crippen LogP contribution < -0.4 is 11.1 Å². The fraction of sp³-hybridized carbons (Fsp3) is 0.786. The van der Waals surface area contributed by atoms with Gasteiger partial charge in [-0.1, -0.05) is 6.92 Å². The number of hydrogen-bond acceptors (Lipinski definition) is 2. The van der Waals surface area contributed by atoms with Crippen LogP contribution in [0.1, 0.15) is 46.0 Å². The van der Waals surface area contributed by atoms with E-state index in [9.17, 15) is 4.79 Å². The van der Waals surface area contributed by atoms with Gasteiger partial charge in [0.15, 0.2) is 0 Å². The average Bonchev–Trinajstić information content (AvgIpc) is 2.36. The number of hydrogen-bond donors (Lipinski definition) is 2. The monoisotopic (exact) mass is 236 g/mol. The maximum absolute atomic E-state index is 12.2. The van der Waals surface area contributed by atoms with Crippen molar-refractivity contribution in [2.45, 2.75) is 46.0 Å². The van der Waals surface area contributed by atoms with Crippen LogP contribution in [0.2, 0.25) is 0 Å². The predicted octanol–water partition coefficient (Wildman–Crippen LogP) is 1.67. The number of nitrogens with two attached hydrogens (primary N) is 1. The van der Waals surface area contributed by atoms with Gasteiger partial charge < -0.3 is 11.1 Å². The van der Waals surface area contributed by atoms with Gasteiger partial charge in [0.1, 0.15) is 0 Å². The van der Waals surface area contributed by atoms with Crippen molar-refractivity contribution in [1.82, 2.24) is 5.32 Å². The predicted molar refractivity (Wildman–Crippen MR) is 70.2 cm³/mol. The summed E-state index contributed by atoms with van der Waals surface area (Å²) >= 11 is 0. The molecule has 1 fully saturated rings. The Kier molecular flexibility index (Phi) is 5.50. The van der Waals surface area contributed by atoms with Crippen LogP contribution in [-0.2, 0) is 4.79 Å². The number of amides is 1. The first-order valence-electron chi connectivity index (χ1n) is 6.52. The quantitative estimate of drug-likeness (QED) is 0.576. The first kappa shape index (κ1) is 14.1. The van der Waals surface area contributed by atoms with Crippen LogP contribution in [0.25, 0.3) is 0 Å². The minimum absolute atomic E-state index is 0.129. The summed E-state index contributed by atoms with van der Waals surface area (Å²) < 4.78 is 0. The molecule has 0 atom stereocenters. The van der Waals surface area contributed by atoms with Crippen LogP contribution in [0.3, 0.4) is 0 Å². The van der Waals surface area contributed by atoms with E-state index in [0.717, 1.165) is 38.0 Å². The van der Waals surface area contributed by atoms with Gasteiger partial charge in [0, 0.05) is 19.5 Å². The van der Waals surface area contributed by atoms with Crippen molar-refractivity contribution >= 4 is 5.91 Å². The molecule has 0 bridgehead atoms. The van der Waals surface area contributed by atoms with Crippen LogP contribution >= 0.6 is 0 Å². The van der Waals surface area contributed by atoms with Crippen molar-refractivity contribution in [3.63, 3.8) is 0 Å². The standard InChI is InChI=1S/C14H24N2O/c1-3-4-5-10-16-13(17)14(11-15)8-6-12(2)7-9-14/h12H,5-11,15H2,1-2H3,(H,16,17). The van der Waals surface area contributed by atoms with Gasteiger partial charge in [-0.3, -0.25) is 4.79 Å². The zero-order chi connectivity index (χ0) is 12.7. The van der Waals surface area contributed by atoms with Crippen molar-refractivity contribution in [2.75, 3.05) is 13.1 Å². The lowest BCUT2D eigenvalue weighted by molar-refractivity contribution is -0.132. The zero-order valence-electron chi connectivity index (χ0n) is 11.0. The summed E-state index contributed by atoms with van der Waals surface area (Å²) in [6.45, 7) is 5.16. The smallest absolute Gasteiger partial charge is 0.227 e. The van der Waals surface area contributed by atoms with E-state index in [0.29, 0.717) is 13.1 Å². The summed E-state index contributed by atoms with van der Waals surface area (Å²) in [5.74, 6) is 6.63. The van der Waals surface area contributed by atoms with Gasteiger partial charge in [-0.15, -0.1) is 11.8 Å². The minimum Gasteiger partial charge on any atom is -0.355 e. The molecule has 0 aromatic heterocycles. The molecule has 1 amide bonds. The Bertz CT molecular complexity index is 306. The lowest BCUT2D eigenvalue weighted by atomic mass is 9.70. The second-order valence-corrected chi connectivity index (χ2v) is 5.10. The second kappa shape index (κ2) is 6.66. The summed E-state index contributed by atoms with van der Waals surface area (Å²) in [7, 11) is 0. The molecule has 0 aliphatic heterocycles. The van der Waals surface area contributed by atoms with Crippen LogP contribution in [0.15, 0.2) is 0 Å². The van der Waals surface area contributed by atoms with Gasteiger partial charge in [-0.2, -0.15) is 0 Å². The molecular weight excluding hydrogens is 212 g/mol. The number of nitrogens with one attached hydrogen (secondary N) is 1. The third-order valence-electron chi connectivity index (χ3n) is 3.82. The highest BCUT2D eigenvalue weighted by Gasteiger charge is 2.39. The topological polar surface area (TPSA) is 55.1 Å². The Morgan fingerprint density at radius 2 is 2.12 bits per heavy atom. The summed E-state index contributed by atoms with van der Waals surface area (Å²) in [5.41, 5.74) is 5.51. The SMILES string of the molecule is CC#CCCNC(=O)C1(CN)CCC(C)CC1. The molecule has 3 heteroatoms. The zero-order valence-corrected chi connectivity index (χ0v) is 11.0.